The maximum atomic E-state index is 10.9. The largest absolute Gasteiger partial charge is 0.302 e. The van der Waals surface area contributed by atoms with Crippen LogP contribution in [-0.2, 0) is 0 Å². The number of hydrogen-bond acceptors (Lipinski definition) is 4. The third-order valence-corrected chi connectivity index (χ3v) is 2.63. The Morgan fingerprint density at radius 1 is 1.00 bits per heavy atom. The number of non-ortho nitro benzene ring substituents is 1. The lowest BCUT2D eigenvalue weighted by Crippen LogP contribution is -1.95. The van der Waals surface area contributed by atoms with E-state index in [1.54, 1.807) is 6.07 Å². The second-order valence-electron chi connectivity index (χ2n) is 3.29. The molecule has 2 aromatic rings. The predicted molar refractivity (Wildman–Crippen MR) is 62.3 cm³/mol. The van der Waals surface area contributed by atoms with E-state index < -0.39 is 15.5 Å². The van der Waals surface area contributed by atoms with Crippen molar-refractivity contribution in [3.63, 3.8) is 0 Å². The molecule has 0 aliphatic heterocycles. The van der Waals surface area contributed by atoms with Gasteiger partial charge in [0.15, 0.2) is 0 Å². The molecule has 6 nitrogen and oxygen atoms in total. The second-order valence-corrected chi connectivity index (χ2v) is 3.69. The van der Waals surface area contributed by atoms with Crippen LogP contribution in [0.15, 0.2) is 30.3 Å². The Balaban J connectivity index is 2.99. The SMILES string of the molecule is O=[N+]([O-])c1cccc2ccc(Cl)c([N+](=O)[O-])c12. The normalized spacial score (nSPS) is 10.4. The van der Waals surface area contributed by atoms with Crippen molar-refractivity contribution in [1.82, 2.24) is 0 Å². The van der Waals surface area contributed by atoms with E-state index in [2.05, 4.69) is 0 Å². The molecule has 0 aliphatic carbocycles. The molecule has 0 spiro atoms. The van der Waals surface area contributed by atoms with Crippen LogP contribution < -0.4 is 0 Å². The molecule has 0 aliphatic rings. The van der Waals surface area contributed by atoms with E-state index in [4.69, 9.17) is 11.6 Å². The Bertz CT molecular complexity index is 641. The van der Waals surface area contributed by atoms with Crippen LogP contribution in [0.5, 0.6) is 0 Å². The topological polar surface area (TPSA) is 86.3 Å². The van der Waals surface area contributed by atoms with Crippen molar-refractivity contribution in [3.05, 3.63) is 55.6 Å². The minimum Gasteiger partial charge on any atom is -0.258 e. The number of nitro groups is 2. The first-order valence-electron chi connectivity index (χ1n) is 4.52. The average molecular weight is 253 g/mol. The number of hydrogen-bond donors (Lipinski definition) is 0. The fraction of sp³-hybridized carbons (Fsp3) is 0. The number of nitrogens with zero attached hydrogens (tertiary/aromatic N) is 2. The molecule has 86 valence electrons. The molecule has 7 heteroatoms. The first-order chi connectivity index (χ1) is 8.02. The molecular formula is C10H5ClN2O4. The third kappa shape index (κ3) is 1.78. The summed E-state index contributed by atoms with van der Waals surface area (Å²) in [7, 11) is 0. The highest BCUT2D eigenvalue weighted by molar-refractivity contribution is 6.34. The quantitative estimate of drug-likeness (QED) is 0.606. The summed E-state index contributed by atoms with van der Waals surface area (Å²) >= 11 is 5.71. The molecular weight excluding hydrogens is 248 g/mol. The summed E-state index contributed by atoms with van der Waals surface area (Å²) in [6, 6.07) is 7.11. The van der Waals surface area contributed by atoms with Crippen LogP contribution in [-0.4, -0.2) is 9.85 Å². The van der Waals surface area contributed by atoms with Crippen LogP contribution in [0.4, 0.5) is 11.4 Å². The fourth-order valence-electron chi connectivity index (χ4n) is 1.65. The van der Waals surface area contributed by atoms with Gasteiger partial charge in [0.05, 0.1) is 9.85 Å². The zero-order valence-corrected chi connectivity index (χ0v) is 9.05. The second kappa shape index (κ2) is 3.99. The summed E-state index contributed by atoms with van der Waals surface area (Å²) in [5.74, 6) is 0. The van der Waals surface area contributed by atoms with Crippen molar-refractivity contribution < 1.29 is 9.85 Å². The van der Waals surface area contributed by atoms with Gasteiger partial charge in [-0.05, 0) is 11.5 Å². The Morgan fingerprint density at radius 2 is 1.71 bits per heavy atom. The van der Waals surface area contributed by atoms with Gasteiger partial charge in [-0.2, -0.15) is 0 Å². The standard InChI is InChI=1S/C10H5ClN2O4/c11-7-5-4-6-2-1-3-8(12(14)15)9(6)10(7)13(16)17/h1-5H. The maximum absolute atomic E-state index is 10.9. The number of fused-ring (bicyclic) bond motifs is 1. The van der Waals surface area contributed by atoms with E-state index >= 15 is 0 Å². The van der Waals surface area contributed by atoms with E-state index in [1.165, 1.54) is 24.3 Å². The Kier molecular flexibility index (Phi) is 2.64. The van der Waals surface area contributed by atoms with Crippen molar-refractivity contribution in [2.24, 2.45) is 0 Å². The van der Waals surface area contributed by atoms with Crippen molar-refractivity contribution in [2.45, 2.75) is 0 Å². The average Bonchev–Trinajstić information content (AvgIpc) is 2.27. The Hall–Kier alpha value is -2.21. The molecule has 0 N–H and O–H groups in total. The lowest BCUT2D eigenvalue weighted by Gasteiger charge is -2.02. The van der Waals surface area contributed by atoms with Gasteiger partial charge in [0.25, 0.3) is 5.69 Å². The van der Waals surface area contributed by atoms with Gasteiger partial charge in [0.2, 0.25) is 0 Å². The first kappa shape index (κ1) is 11.3. The van der Waals surface area contributed by atoms with E-state index in [9.17, 15) is 20.2 Å². The van der Waals surface area contributed by atoms with E-state index in [0.717, 1.165) is 0 Å². The van der Waals surface area contributed by atoms with Crippen LogP contribution >= 0.6 is 11.6 Å². The molecule has 0 saturated carbocycles. The first-order valence-corrected chi connectivity index (χ1v) is 4.90. The maximum Gasteiger partial charge on any atom is 0.302 e. The molecule has 17 heavy (non-hydrogen) atoms. The molecule has 0 aromatic heterocycles. The van der Waals surface area contributed by atoms with Gasteiger partial charge in [0.1, 0.15) is 10.4 Å². The van der Waals surface area contributed by atoms with Crippen molar-refractivity contribution in [3.8, 4) is 0 Å². The van der Waals surface area contributed by atoms with Crippen LogP contribution in [0.25, 0.3) is 10.8 Å². The summed E-state index contributed by atoms with van der Waals surface area (Å²) < 4.78 is 0. The summed E-state index contributed by atoms with van der Waals surface area (Å²) in [5.41, 5.74) is -0.756. The monoisotopic (exact) mass is 252 g/mol. The lowest BCUT2D eigenvalue weighted by atomic mass is 10.1. The molecule has 2 aromatic carbocycles. The highest BCUT2D eigenvalue weighted by Crippen LogP contribution is 2.38. The van der Waals surface area contributed by atoms with Crippen molar-refractivity contribution in [2.75, 3.05) is 0 Å². The number of halogens is 1. The van der Waals surface area contributed by atoms with E-state index in [0.29, 0.717) is 5.39 Å². The highest BCUT2D eigenvalue weighted by atomic mass is 35.5. The molecule has 0 amide bonds. The zero-order valence-electron chi connectivity index (χ0n) is 8.29. The summed E-state index contributed by atoms with van der Waals surface area (Å²) in [6.45, 7) is 0. The van der Waals surface area contributed by atoms with Crippen molar-refractivity contribution in [1.29, 1.82) is 0 Å². The van der Waals surface area contributed by atoms with Gasteiger partial charge < -0.3 is 0 Å². The number of rotatable bonds is 2. The minimum atomic E-state index is -0.711. The lowest BCUT2D eigenvalue weighted by molar-refractivity contribution is -0.390. The van der Waals surface area contributed by atoms with E-state index in [-0.39, 0.29) is 16.1 Å². The molecule has 0 radical (unpaired) electrons. The van der Waals surface area contributed by atoms with Crippen LogP contribution in [0, 0.1) is 20.2 Å². The highest BCUT2D eigenvalue weighted by Gasteiger charge is 2.24. The zero-order chi connectivity index (χ0) is 12.6. The fourth-order valence-corrected chi connectivity index (χ4v) is 1.87. The van der Waals surface area contributed by atoms with Crippen molar-refractivity contribution >= 4 is 33.7 Å². The third-order valence-electron chi connectivity index (χ3n) is 2.33. The molecule has 0 unspecified atom stereocenters. The number of nitro benzene ring substituents is 2. The van der Waals surface area contributed by atoms with Gasteiger partial charge in [0, 0.05) is 6.07 Å². The minimum absolute atomic E-state index is 0.0463. The Labute approximate surface area is 99.7 Å². The summed E-state index contributed by atoms with van der Waals surface area (Å²) in [4.78, 5) is 20.4. The smallest absolute Gasteiger partial charge is 0.258 e. The predicted octanol–water partition coefficient (Wildman–Crippen LogP) is 3.31. The van der Waals surface area contributed by atoms with Crippen LogP contribution in [0.1, 0.15) is 0 Å². The van der Waals surface area contributed by atoms with Gasteiger partial charge >= 0.3 is 5.69 Å². The number of benzene rings is 2. The van der Waals surface area contributed by atoms with Crippen LogP contribution in [0.3, 0.4) is 0 Å². The summed E-state index contributed by atoms with van der Waals surface area (Å²) in [6.07, 6.45) is 0. The molecule has 0 atom stereocenters. The van der Waals surface area contributed by atoms with Gasteiger partial charge in [-0.1, -0.05) is 29.8 Å². The molecule has 0 heterocycles. The molecule has 0 fully saturated rings. The molecule has 2 rings (SSSR count). The molecule has 0 saturated heterocycles. The van der Waals surface area contributed by atoms with Gasteiger partial charge in [-0.25, -0.2) is 0 Å². The summed E-state index contributed by atoms with van der Waals surface area (Å²) in [5, 5.41) is 22.0. The van der Waals surface area contributed by atoms with Gasteiger partial charge in [-0.3, -0.25) is 20.2 Å². The van der Waals surface area contributed by atoms with Gasteiger partial charge in [-0.15, -0.1) is 0 Å². The molecule has 0 bridgehead atoms. The Morgan fingerprint density at radius 3 is 2.29 bits per heavy atom. The van der Waals surface area contributed by atoms with Crippen LogP contribution in [0.2, 0.25) is 5.02 Å². The van der Waals surface area contributed by atoms with E-state index in [1.807, 2.05) is 0 Å².